The summed E-state index contributed by atoms with van der Waals surface area (Å²) in [5.74, 6) is 2.89. The lowest BCUT2D eigenvalue weighted by atomic mass is 10.1. The molecule has 7 heteroatoms. The van der Waals surface area contributed by atoms with Crippen LogP contribution in [0, 0.1) is 5.92 Å². The quantitative estimate of drug-likeness (QED) is 0.762. The largest absolute Gasteiger partial charge is 0.378 e. The SMILES string of the molecule is CSCc1cc(N2CCOCC2)nc(-c2ccc(NC(=O)CC(C)C)cc2)n1. The summed E-state index contributed by atoms with van der Waals surface area (Å²) >= 11 is 1.75. The number of nitrogens with one attached hydrogen (secondary N) is 1. The van der Waals surface area contributed by atoms with Gasteiger partial charge in [-0.25, -0.2) is 9.97 Å². The first kappa shape index (κ1) is 20.6. The number of hydrogen-bond donors (Lipinski definition) is 1. The number of carbonyl (C=O) groups is 1. The predicted octanol–water partition coefficient (Wildman–Crippen LogP) is 3.83. The van der Waals surface area contributed by atoms with Crippen LogP contribution in [0.25, 0.3) is 11.4 Å². The minimum Gasteiger partial charge on any atom is -0.378 e. The maximum atomic E-state index is 12.0. The van der Waals surface area contributed by atoms with Gasteiger partial charge in [-0.05, 0) is 36.4 Å². The van der Waals surface area contributed by atoms with Gasteiger partial charge in [-0.2, -0.15) is 11.8 Å². The third-order valence-corrected chi connectivity index (χ3v) is 5.00. The van der Waals surface area contributed by atoms with Gasteiger partial charge in [-0.15, -0.1) is 0 Å². The zero-order chi connectivity index (χ0) is 19.9. The van der Waals surface area contributed by atoms with Crippen LogP contribution >= 0.6 is 11.8 Å². The van der Waals surface area contributed by atoms with E-state index < -0.39 is 0 Å². The average Bonchev–Trinajstić information content (AvgIpc) is 2.68. The van der Waals surface area contributed by atoms with E-state index in [2.05, 4.69) is 22.5 Å². The van der Waals surface area contributed by atoms with Crippen molar-refractivity contribution in [2.24, 2.45) is 5.92 Å². The number of thioether (sulfide) groups is 1. The summed E-state index contributed by atoms with van der Waals surface area (Å²) in [4.78, 5) is 23.8. The Morgan fingerprint density at radius 3 is 2.57 bits per heavy atom. The molecule has 2 heterocycles. The second-order valence-electron chi connectivity index (χ2n) is 7.30. The van der Waals surface area contributed by atoms with E-state index in [1.54, 1.807) is 11.8 Å². The summed E-state index contributed by atoms with van der Waals surface area (Å²) in [5.41, 5.74) is 2.76. The number of ether oxygens (including phenoxy) is 1. The van der Waals surface area contributed by atoms with Crippen molar-refractivity contribution in [3.63, 3.8) is 0 Å². The van der Waals surface area contributed by atoms with Crippen LogP contribution in [0.2, 0.25) is 0 Å². The Morgan fingerprint density at radius 1 is 1.21 bits per heavy atom. The van der Waals surface area contributed by atoms with E-state index in [4.69, 9.17) is 14.7 Å². The van der Waals surface area contributed by atoms with Crippen LogP contribution in [0.3, 0.4) is 0 Å². The molecule has 1 aromatic carbocycles. The zero-order valence-electron chi connectivity index (χ0n) is 16.8. The van der Waals surface area contributed by atoms with Crippen LogP contribution in [-0.2, 0) is 15.3 Å². The average molecular weight is 401 g/mol. The van der Waals surface area contributed by atoms with Gasteiger partial charge in [0.1, 0.15) is 5.82 Å². The highest BCUT2D eigenvalue weighted by Crippen LogP contribution is 2.24. The molecule has 0 bridgehead atoms. The molecule has 2 aromatic rings. The van der Waals surface area contributed by atoms with E-state index >= 15 is 0 Å². The summed E-state index contributed by atoms with van der Waals surface area (Å²) < 4.78 is 5.46. The molecule has 28 heavy (non-hydrogen) atoms. The number of benzene rings is 1. The summed E-state index contributed by atoms with van der Waals surface area (Å²) in [6, 6.07) is 9.82. The van der Waals surface area contributed by atoms with Crippen molar-refractivity contribution in [3.8, 4) is 11.4 Å². The summed E-state index contributed by atoms with van der Waals surface area (Å²) in [6.07, 6.45) is 2.59. The number of hydrogen-bond acceptors (Lipinski definition) is 6. The first-order valence-corrected chi connectivity index (χ1v) is 11.0. The molecule has 1 aromatic heterocycles. The Hall–Kier alpha value is -2.12. The highest BCUT2D eigenvalue weighted by atomic mass is 32.2. The molecule has 1 N–H and O–H groups in total. The standard InChI is InChI=1S/C21H28N4O2S/c1-15(2)12-20(26)22-17-6-4-16(5-7-17)21-23-18(14-28-3)13-19(24-21)25-8-10-27-11-9-25/h4-7,13,15H,8-12,14H2,1-3H3,(H,22,26). The van der Waals surface area contributed by atoms with Crippen molar-refractivity contribution < 1.29 is 9.53 Å². The minimum atomic E-state index is 0.0376. The van der Waals surface area contributed by atoms with Crippen molar-refractivity contribution in [1.29, 1.82) is 0 Å². The normalized spacial score (nSPS) is 14.4. The molecule has 3 rings (SSSR count). The van der Waals surface area contributed by atoms with Gasteiger partial charge < -0.3 is 15.0 Å². The molecular formula is C21H28N4O2S. The molecule has 0 atom stereocenters. The van der Waals surface area contributed by atoms with Crippen LogP contribution in [0.1, 0.15) is 26.0 Å². The maximum absolute atomic E-state index is 12.0. The monoisotopic (exact) mass is 400 g/mol. The topological polar surface area (TPSA) is 67.3 Å². The van der Waals surface area contributed by atoms with Gasteiger partial charge in [0.05, 0.1) is 18.9 Å². The molecule has 1 aliphatic rings. The van der Waals surface area contributed by atoms with Crippen LogP contribution in [0.4, 0.5) is 11.5 Å². The minimum absolute atomic E-state index is 0.0376. The van der Waals surface area contributed by atoms with Crippen molar-refractivity contribution in [2.45, 2.75) is 26.0 Å². The molecular weight excluding hydrogens is 372 g/mol. The lowest BCUT2D eigenvalue weighted by Gasteiger charge is -2.28. The molecule has 1 fully saturated rings. The maximum Gasteiger partial charge on any atom is 0.224 e. The van der Waals surface area contributed by atoms with E-state index in [0.717, 1.165) is 54.8 Å². The second kappa shape index (κ2) is 9.89. The van der Waals surface area contributed by atoms with Gasteiger partial charge in [0.25, 0.3) is 0 Å². The van der Waals surface area contributed by atoms with Gasteiger partial charge >= 0.3 is 0 Å². The van der Waals surface area contributed by atoms with Gasteiger partial charge in [0, 0.05) is 42.6 Å². The number of anilines is 2. The van der Waals surface area contributed by atoms with Crippen LogP contribution in [0.15, 0.2) is 30.3 Å². The smallest absolute Gasteiger partial charge is 0.224 e. The summed E-state index contributed by atoms with van der Waals surface area (Å²) in [5, 5.41) is 2.94. The second-order valence-corrected chi connectivity index (χ2v) is 8.16. The molecule has 1 aliphatic heterocycles. The molecule has 6 nitrogen and oxygen atoms in total. The number of aromatic nitrogens is 2. The van der Waals surface area contributed by atoms with E-state index in [9.17, 15) is 4.79 Å². The molecule has 0 aliphatic carbocycles. The van der Waals surface area contributed by atoms with Gasteiger partial charge in [0.15, 0.2) is 5.82 Å². The van der Waals surface area contributed by atoms with E-state index in [1.807, 2.05) is 38.1 Å². The first-order valence-electron chi connectivity index (χ1n) is 9.65. The number of carbonyl (C=O) groups excluding carboxylic acids is 1. The number of amides is 1. The van der Waals surface area contributed by atoms with Crippen molar-refractivity contribution in [1.82, 2.24) is 9.97 Å². The number of nitrogens with zero attached hydrogens (tertiary/aromatic N) is 3. The van der Waals surface area contributed by atoms with Gasteiger partial charge in [0.2, 0.25) is 5.91 Å². The lowest BCUT2D eigenvalue weighted by molar-refractivity contribution is -0.116. The van der Waals surface area contributed by atoms with Crippen molar-refractivity contribution >= 4 is 29.2 Å². The van der Waals surface area contributed by atoms with Gasteiger partial charge in [-0.1, -0.05) is 13.8 Å². The van der Waals surface area contributed by atoms with Crippen LogP contribution in [0.5, 0.6) is 0 Å². The number of morpholine rings is 1. The Labute approximate surface area is 171 Å². The molecule has 150 valence electrons. The Morgan fingerprint density at radius 2 is 1.93 bits per heavy atom. The fourth-order valence-corrected chi connectivity index (χ4v) is 3.52. The Balaban J connectivity index is 1.81. The Bertz CT molecular complexity index is 789. The van der Waals surface area contributed by atoms with E-state index in [-0.39, 0.29) is 5.91 Å². The third kappa shape index (κ3) is 5.69. The molecule has 0 spiro atoms. The molecule has 0 radical (unpaired) electrons. The van der Waals surface area contributed by atoms with Crippen LogP contribution in [-0.4, -0.2) is 48.4 Å². The lowest BCUT2D eigenvalue weighted by Crippen LogP contribution is -2.37. The number of rotatable bonds is 7. The molecule has 0 unspecified atom stereocenters. The van der Waals surface area contributed by atoms with Crippen LogP contribution < -0.4 is 10.2 Å². The fourth-order valence-electron chi connectivity index (χ4n) is 3.07. The summed E-state index contributed by atoms with van der Waals surface area (Å²) in [6.45, 7) is 7.21. The highest BCUT2D eigenvalue weighted by Gasteiger charge is 2.16. The summed E-state index contributed by atoms with van der Waals surface area (Å²) in [7, 11) is 0. The van der Waals surface area contributed by atoms with Crippen molar-refractivity contribution in [3.05, 3.63) is 36.0 Å². The van der Waals surface area contributed by atoms with Crippen molar-refractivity contribution in [2.75, 3.05) is 42.8 Å². The molecule has 0 saturated carbocycles. The fraction of sp³-hybridized carbons (Fsp3) is 0.476. The Kier molecular flexibility index (Phi) is 7.28. The highest BCUT2D eigenvalue weighted by molar-refractivity contribution is 7.97. The van der Waals surface area contributed by atoms with Gasteiger partial charge in [-0.3, -0.25) is 4.79 Å². The first-order chi connectivity index (χ1) is 13.5. The molecule has 1 amide bonds. The third-order valence-electron chi connectivity index (χ3n) is 4.41. The van der Waals surface area contributed by atoms with E-state index in [0.29, 0.717) is 18.2 Å². The zero-order valence-corrected chi connectivity index (χ0v) is 17.6. The predicted molar refractivity (Wildman–Crippen MR) is 116 cm³/mol. The van der Waals surface area contributed by atoms with E-state index in [1.165, 1.54) is 0 Å². The molecule has 1 saturated heterocycles.